The number of benzene rings is 5. The molecule has 4 unspecified atom stereocenters. The highest BCUT2D eigenvalue weighted by atomic mass is 16.6. The molecule has 5 aromatic carbocycles. The number of rotatable bonds is 13. The minimum atomic E-state index is -0.357. The van der Waals surface area contributed by atoms with Crippen LogP contribution in [0.3, 0.4) is 0 Å². The molecular formula is C41H42N2O4. The lowest BCUT2D eigenvalue weighted by Gasteiger charge is -2.38. The van der Waals surface area contributed by atoms with Gasteiger partial charge in [0.2, 0.25) is 0 Å². The Hall–Kier alpha value is -4.46. The Labute approximate surface area is 278 Å². The molecule has 0 radical (unpaired) electrons. The largest absolute Gasteiger partial charge is 0.374 e. The fraction of sp³-hybridized carbons (Fsp3) is 0.268. The first-order valence-electron chi connectivity index (χ1n) is 16.5. The summed E-state index contributed by atoms with van der Waals surface area (Å²) in [6, 6.07) is 52.2. The molecule has 0 aliphatic carbocycles. The Balaban J connectivity index is 1.23. The van der Waals surface area contributed by atoms with E-state index in [2.05, 4.69) is 119 Å². The highest BCUT2D eigenvalue weighted by Crippen LogP contribution is 2.38. The minimum Gasteiger partial charge on any atom is -0.374 e. The van der Waals surface area contributed by atoms with Gasteiger partial charge in [-0.05, 0) is 41.0 Å². The second-order valence-corrected chi connectivity index (χ2v) is 12.1. The Morgan fingerprint density at radius 1 is 0.489 bits per heavy atom. The third kappa shape index (κ3) is 7.58. The zero-order chi connectivity index (χ0) is 31.7. The summed E-state index contributed by atoms with van der Waals surface area (Å²) in [5, 5.41) is 0. The minimum absolute atomic E-state index is 0.123. The first kappa shape index (κ1) is 31.2. The predicted octanol–water partition coefficient (Wildman–Crippen LogP) is 7.49. The Bertz CT molecular complexity index is 1580. The van der Waals surface area contributed by atoms with Gasteiger partial charge in [-0.15, -0.1) is 0 Å². The zero-order valence-corrected chi connectivity index (χ0v) is 26.6. The second kappa shape index (κ2) is 15.4. The van der Waals surface area contributed by atoms with E-state index in [-0.39, 0.29) is 30.6 Å². The van der Waals surface area contributed by atoms with Crippen molar-refractivity contribution in [3.05, 3.63) is 168 Å². The van der Waals surface area contributed by atoms with E-state index in [1.54, 1.807) is 0 Å². The van der Waals surface area contributed by atoms with E-state index >= 15 is 0 Å². The van der Waals surface area contributed by atoms with E-state index in [1.807, 2.05) is 42.5 Å². The van der Waals surface area contributed by atoms with Crippen molar-refractivity contribution in [2.24, 2.45) is 0 Å². The van der Waals surface area contributed by atoms with Gasteiger partial charge in [0.15, 0.2) is 0 Å². The summed E-state index contributed by atoms with van der Waals surface area (Å²) >= 11 is 0. The maximum absolute atomic E-state index is 7.13. The smallest absolute Gasteiger partial charge is 0.131 e. The topological polar surface area (TPSA) is 43.4 Å². The van der Waals surface area contributed by atoms with Crippen LogP contribution < -0.4 is 9.80 Å². The summed E-state index contributed by atoms with van der Waals surface area (Å²) in [5.74, 6) is 0. The number of hydrogen-bond donors (Lipinski definition) is 0. The molecule has 7 rings (SSSR count). The third-order valence-electron chi connectivity index (χ3n) is 9.00. The highest BCUT2D eigenvalue weighted by Gasteiger charge is 2.54. The zero-order valence-electron chi connectivity index (χ0n) is 26.6. The van der Waals surface area contributed by atoms with Crippen LogP contribution in [0.2, 0.25) is 0 Å². The summed E-state index contributed by atoms with van der Waals surface area (Å²) in [6.07, 6.45) is -1.49. The molecule has 5 aromatic rings. The van der Waals surface area contributed by atoms with Crippen LogP contribution in [-0.2, 0) is 38.8 Å². The van der Waals surface area contributed by atoms with E-state index in [0.717, 1.165) is 41.2 Å². The van der Waals surface area contributed by atoms with Gasteiger partial charge in [-0.1, -0.05) is 127 Å². The lowest BCUT2D eigenvalue weighted by Crippen LogP contribution is -2.53. The number of ether oxygens (including phenoxy) is 4. The average molecular weight is 627 g/mol. The summed E-state index contributed by atoms with van der Waals surface area (Å²) < 4.78 is 27.2. The third-order valence-corrected chi connectivity index (χ3v) is 9.00. The van der Waals surface area contributed by atoms with E-state index in [0.29, 0.717) is 26.4 Å². The van der Waals surface area contributed by atoms with Crippen LogP contribution in [0.15, 0.2) is 152 Å². The van der Waals surface area contributed by atoms with Crippen molar-refractivity contribution in [2.45, 2.75) is 50.4 Å². The van der Waals surface area contributed by atoms with Crippen LogP contribution in [0.1, 0.15) is 16.7 Å². The highest BCUT2D eigenvalue weighted by molar-refractivity contribution is 5.57. The van der Waals surface area contributed by atoms with Crippen LogP contribution >= 0.6 is 0 Å². The quantitative estimate of drug-likeness (QED) is 0.135. The lowest BCUT2D eigenvalue weighted by atomic mass is 10.0. The number of nitrogens with zero attached hydrogens (tertiary/aromatic N) is 2. The fourth-order valence-corrected chi connectivity index (χ4v) is 6.73. The molecule has 0 saturated carbocycles. The molecule has 6 nitrogen and oxygen atoms in total. The van der Waals surface area contributed by atoms with Crippen molar-refractivity contribution in [3.8, 4) is 0 Å². The normalized spacial score (nSPS) is 21.4. The molecule has 47 heavy (non-hydrogen) atoms. The average Bonchev–Trinajstić information content (AvgIpc) is 3.73. The maximum Gasteiger partial charge on any atom is 0.131 e. The molecule has 0 N–H and O–H groups in total. The molecule has 240 valence electrons. The van der Waals surface area contributed by atoms with E-state index in [9.17, 15) is 0 Å². The first-order valence-corrected chi connectivity index (χ1v) is 16.5. The van der Waals surface area contributed by atoms with Crippen molar-refractivity contribution in [2.75, 3.05) is 29.5 Å². The van der Waals surface area contributed by atoms with Crippen LogP contribution in [0.5, 0.6) is 0 Å². The summed E-state index contributed by atoms with van der Waals surface area (Å²) in [4.78, 5) is 4.91. The SMILES string of the molecule is c1ccc(COCC2OC(C3N(c4ccccc4)CCN3c3ccccc3)C(OCc3ccccc3)C2OCc2ccccc2)cc1. The van der Waals surface area contributed by atoms with Crippen LogP contribution in [0.4, 0.5) is 11.4 Å². The van der Waals surface area contributed by atoms with Crippen molar-refractivity contribution in [3.63, 3.8) is 0 Å². The van der Waals surface area contributed by atoms with E-state index in [4.69, 9.17) is 18.9 Å². The van der Waals surface area contributed by atoms with Gasteiger partial charge >= 0.3 is 0 Å². The molecular weight excluding hydrogens is 584 g/mol. The maximum atomic E-state index is 7.13. The van der Waals surface area contributed by atoms with Gasteiger partial charge in [-0.3, -0.25) is 0 Å². The molecule has 0 amide bonds. The van der Waals surface area contributed by atoms with E-state index < -0.39 is 0 Å². The van der Waals surface area contributed by atoms with Gasteiger partial charge < -0.3 is 28.7 Å². The molecule has 6 heteroatoms. The van der Waals surface area contributed by atoms with Gasteiger partial charge in [0.05, 0.1) is 26.4 Å². The van der Waals surface area contributed by atoms with Crippen molar-refractivity contribution in [1.29, 1.82) is 0 Å². The molecule has 2 aliphatic heterocycles. The monoisotopic (exact) mass is 626 g/mol. The number of para-hydroxylation sites is 2. The van der Waals surface area contributed by atoms with Crippen molar-refractivity contribution in [1.82, 2.24) is 0 Å². The summed E-state index contributed by atoms with van der Waals surface area (Å²) in [7, 11) is 0. The van der Waals surface area contributed by atoms with Gasteiger partial charge in [0.1, 0.15) is 30.6 Å². The van der Waals surface area contributed by atoms with Gasteiger partial charge in [0.25, 0.3) is 0 Å². The van der Waals surface area contributed by atoms with Crippen LogP contribution in [0, 0.1) is 0 Å². The fourth-order valence-electron chi connectivity index (χ4n) is 6.73. The molecule has 2 fully saturated rings. The van der Waals surface area contributed by atoms with Crippen LogP contribution in [0.25, 0.3) is 0 Å². The van der Waals surface area contributed by atoms with Crippen LogP contribution in [-0.4, -0.2) is 50.3 Å². The Morgan fingerprint density at radius 3 is 1.36 bits per heavy atom. The molecule has 0 aromatic heterocycles. The lowest BCUT2D eigenvalue weighted by molar-refractivity contribution is -0.0899. The predicted molar refractivity (Wildman–Crippen MR) is 186 cm³/mol. The van der Waals surface area contributed by atoms with Gasteiger partial charge in [-0.2, -0.15) is 0 Å². The molecule has 2 saturated heterocycles. The number of anilines is 2. The summed E-state index contributed by atoms with van der Waals surface area (Å²) in [6.45, 7) is 3.52. The Morgan fingerprint density at radius 2 is 0.894 bits per heavy atom. The van der Waals surface area contributed by atoms with Gasteiger partial charge in [-0.25, -0.2) is 0 Å². The van der Waals surface area contributed by atoms with E-state index in [1.165, 1.54) is 0 Å². The van der Waals surface area contributed by atoms with Crippen molar-refractivity contribution < 1.29 is 18.9 Å². The molecule has 0 spiro atoms. The number of hydrogen-bond acceptors (Lipinski definition) is 6. The second-order valence-electron chi connectivity index (χ2n) is 12.1. The van der Waals surface area contributed by atoms with Crippen molar-refractivity contribution >= 4 is 11.4 Å². The molecule has 0 bridgehead atoms. The Kier molecular flexibility index (Phi) is 10.2. The molecule has 4 atom stereocenters. The molecule has 2 aliphatic rings. The standard InChI is InChI=1S/C41H42N2O4/c1-6-16-32(17-7-1)28-44-31-37-38(45-29-33-18-8-2-9-19-33)39(46-30-34-20-10-3-11-21-34)40(47-37)41-42(35-22-12-4-13-23-35)26-27-43(41)36-24-14-5-15-25-36/h1-25,37-41H,26-31H2. The first-order chi connectivity index (χ1) is 23.3. The van der Waals surface area contributed by atoms with Gasteiger partial charge in [0, 0.05) is 24.5 Å². The summed E-state index contributed by atoms with van der Waals surface area (Å²) in [5.41, 5.74) is 5.67. The molecule has 2 heterocycles.